The average Bonchev–Trinajstić information content (AvgIpc) is 2.54. The second-order valence-corrected chi connectivity index (χ2v) is 5.96. The molecule has 0 unspecified atom stereocenters. The Morgan fingerprint density at radius 2 is 2.00 bits per heavy atom. The molecule has 0 amide bonds. The molecule has 0 fully saturated rings. The lowest BCUT2D eigenvalue weighted by molar-refractivity contribution is 0.258. The SMILES string of the molecule is Cn1c2c(c(=O)n(C)c1=O)CN(Cc1c(F)cccc1Cl)CN2. The van der Waals surface area contributed by atoms with Crippen LogP contribution in [0, 0.1) is 5.82 Å². The summed E-state index contributed by atoms with van der Waals surface area (Å²) >= 11 is 6.05. The van der Waals surface area contributed by atoms with Crippen LogP contribution in [0.5, 0.6) is 0 Å². The van der Waals surface area contributed by atoms with E-state index in [2.05, 4.69) is 5.32 Å². The van der Waals surface area contributed by atoms with E-state index in [4.69, 9.17) is 11.6 Å². The Morgan fingerprint density at radius 3 is 2.70 bits per heavy atom. The predicted octanol–water partition coefficient (Wildman–Crippen LogP) is 1.26. The molecule has 0 aliphatic carbocycles. The van der Waals surface area contributed by atoms with Crippen LogP contribution < -0.4 is 16.6 Å². The van der Waals surface area contributed by atoms with Gasteiger partial charge in [-0.1, -0.05) is 17.7 Å². The molecular formula is C15H16ClFN4O2. The van der Waals surface area contributed by atoms with Crippen LogP contribution in [-0.2, 0) is 27.2 Å². The predicted molar refractivity (Wildman–Crippen MR) is 86.1 cm³/mol. The normalized spacial score (nSPS) is 14.4. The van der Waals surface area contributed by atoms with Gasteiger partial charge in [0.05, 0.1) is 12.2 Å². The number of nitrogens with zero attached hydrogens (tertiary/aromatic N) is 3. The number of anilines is 1. The fourth-order valence-electron chi connectivity index (χ4n) is 2.77. The van der Waals surface area contributed by atoms with Gasteiger partial charge < -0.3 is 5.32 Å². The summed E-state index contributed by atoms with van der Waals surface area (Å²) in [7, 11) is 3.05. The highest BCUT2D eigenvalue weighted by atomic mass is 35.5. The van der Waals surface area contributed by atoms with Crippen LogP contribution in [0.4, 0.5) is 10.2 Å². The third-order valence-corrected chi connectivity index (χ3v) is 4.41. The Kier molecular flexibility index (Phi) is 3.99. The molecule has 0 spiro atoms. The topological polar surface area (TPSA) is 59.3 Å². The maximum Gasteiger partial charge on any atom is 0.332 e. The van der Waals surface area contributed by atoms with Gasteiger partial charge in [-0.3, -0.25) is 18.8 Å². The fraction of sp³-hybridized carbons (Fsp3) is 0.333. The van der Waals surface area contributed by atoms with Crippen LogP contribution >= 0.6 is 11.6 Å². The number of hydrogen-bond acceptors (Lipinski definition) is 4. The first kappa shape index (κ1) is 15.8. The van der Waals surface area contributed by atoms with Gasteiger partial charge in [-0.2, -0.15) is 0 Å². The first-order chi connectivity index (χ1) is 10.9. The molecule has 1 aromatic heterocycles. The maximum atomic E-state index is 13.9. The van der Waals surface area contributed by atoms with E-state index in [0.717, 1.165) is 4.57 Å². The van der Waals surface area contributed by atoms with Gasteiger partial charge in [0.1, 0.15) is 11.6 Å². The highest BCUT2D eigenvalue weighted by Crippen LogP contribution is 2.24. The van der Waals surface area contributed by atoms with Crippen molar-refractivity contribution in [2.45, 2.75) is 13.1 Å². The molecule has 1 aliphatic rings. The number of benzene rings is 1. The van der Waals surface area contributed by atoms with Crippen molar-refractivity contribution in [3.8, 4) is 0 Å². The van der Waals surface area contributed by atoms with Crippen molar-refractivity contribution >= 4 is 17.4 Å². The minimum absolute atomic E-state index is 0.268. The Hall–Kier alpha value is -2.12. The number of aromatic nitrogens is 2. The summed E-state index contributed by atoms with van der Waals surface area (Å²) in [5.74, 6) is 0.130. The average molecular weight is 339 g/mol. The molecule has 2 aromatic rings. The molecule has 1 aliphatic heterocycles. The third kappa shape index (κ3) is 2.66. The molecule has 0 saturated carbocycles. The third-order valence-electron chi connectivity index (χ3n) is 4.05. The second kappa shape index (κ2) is 5.82. The fourth-order valence-corrected chi connectivity index (χ4v) is 2.99. The van der Waals surface area contributed by atoms with Gasteiger partial charge in [0.25, 0.3) is 5.56 Å². The smallest absolute Gasteiger partial charge is 0.332 e. The molecule has 0 bridgehead atoms. The Morgan fingerprint density at radius 1 is 1.26 bits per heavy atom. The van der Waals surface area contributed by atoms with E-state index in [9.17, 15) is 14.0 Å². The quantitative estimate of drug-likeness (QED) is 0.895. The van der Waals surface area contributed by atoms with E-state index in [1.165, 1.54) is 17.7 Å². The van der Waals surface area contributed by atoms with Crippen molar-refractivity contribution in [3.63, 3.8) is 0 Å². The van der Waals surface area contributed by atoms with E-state index in [1.807, 2.05) is 4.90 Å². The zero-order valence-electron chi connectivity index (χ0n) is 12.8. The van der Waals surface area contributed by atoms with Crippen molar-refractivity contribution in [1.29, 1.82) is 0 Å². The van der Waals surface area contributed by atoms with Gasteiger partial charge in [-0.05, 0) is 12.1 Å². The first-order valence-corrected chi connectivity index (χ1v) is 7.46. The zero-order chi connectivity index (χ0) is 16.7. The molecule has 122 valence electrons. The van der Waals surface area contributed by atoms with Gasteiger partial charge in [-0.15, -0.1) is 0 Å². The van der Waals surface area contributed by atoms with Crippen molar-refractivity contribution in [2.24, 2.45) is 14.1 Å². The summed E-state index contributed by atoms with van der Waals surface area (Å²) in [4.78, 5) is 26.1. The van der Waals surface area contributed by atoms with Crippen LogP contribution in [-0.4, -0.2) is 20.7 Å². The monoisotopic (exact) mass is 338 g/mol. The number of fused-ring (bicyclic) bond motifs is 1. The van der Waals surface area contributed by atoms with Gasteiger partial charge in [0.2, 0.25) is 0 Å². The molecule has 3 rings (SSSR count). The van der Waals surface area contributed by atoms with E-state index in [-0.39, 0.29) is 23.6 Å². The minimum atomic E-state index is -0.383. The lowest BCUT2D eigenvalue weighted by atomic mass is 10.1. The van der Waals surface area contributed by atoms with E-state index in [1.54, 1.807) is 19.2 Å². The molecular weight excluding hydrogens is 323 g/mol. The van der Waals surface area contributed by atoms with Gasteiger partial charge >= 0.3 is 5.69 Å². The Bertz CT molecular complexity index is 870. The Labute approximate surface area is 136 Å². The highest BCUT2D eigenvalue weighted by molar-refractivity contribution is 6.31. The van der Waals surface area contributed by atoms with Crippen LogP contribution in [0.15, 0.2) is 27.8 Å². The molecule has 0 radical (unpaired) electrons. The first-order valence-electron chi connectivity index (χ1n) is 7.08. The van der Waals surface area contributed by atoms with E-state index >= 15 is 0 Å². The van der Waals surface area contributed by atoms with Crippen LogP contribution in [0.1, 0.15) is 11.1 Å². The highest BCUT2D eigenvalue weighted by Gasteiger charge is 2.24. The Balaban J connectivity index is 1.95. The standard InChI is InChI=1S/C15H16ClFN4O2/c1-19-13-10(14(22)20(2)15(19)23)7-21(8-18-13)6-9-11(16)4-3-5-12(9)17/h3-5,18H,6-8H2,1-2H3. The summed E-state index contributed by atoms with van der Waals surface area (Å²) < 4.78 is 16.4. The van der Waals surface area contributed by atoms with Crippen LogP contribution in [0.2, 0.25) is 5.02 Å². The summed E-state index contributed by atoms with van der Waals surface area (Å²) in [6.45, 7) is 0.968. The summed E-state index contributed by atoms with van der Waals surface area (Å²) in [6, 6.07) is 4.54. The summed E-state index contributed by atoms with van der Waals surface area (Å²) in [5, 5.41) is 3.41. The molecule has 0 saturated heterocycles. The van der Waals surface area contributed by atoms with Crippen LogP contribution in [0.25, 0.3) is 0 Å². The van der Waals surface area contributed by atoms with Crippen molar-refractivity contribution in [2.75, 3.05) is 12.0 Å². The van der Waals surface area contributed by atoms with Crippen LogP contribution in [0.3, 0.4) is 0 Å². The molecule has 0 atom stereocenters. The van der Waals surface area contributed by atoms with Crippen molar-refractivity contribution in [1.82, 2.24) is 14.0 Å². The molecule has 8 heteroatoms. The van der Waals surface area contributed by atoms with Gasteiger partial charge in [0.15, 0.2) is 0 Å². The number of halogens is 2. The molecule has 2 heterocycles. The van der Waals surface area contributed by atoms with Crippen molar-refractivity contribution < 1.29 is 4.39 Å². The number of nitrogens with one attached hydrogen (secondary N) is 1. The number of rotatable bonds is 2. The molecule has 6 nitrogen and oxygen atoms in total. The second-order valence-electron chi connectivity index (χ2n) is 5.56. The summed E-state index contributed by atoms with van der Waals surface area (Å²) in [6.07, 6.45) is 0. The largest absolute Gasteiger partial charge is 0.358 e. The molecule has 1 N–H and O–H groups in total. The molecule has 23 heavy (non-hydrogen) atoms. The lowest BCUT2D eigenvalue weighted by Crippen LogP contribution is -2.46. The zero-order valence-corrected chi connectivity index (χ0v) is 13.5. The van der Waals surface area contributed by atoms with Crippen molar-refractivity contribution in [3.05, 3.63) is 61.0 Å². The van der Waals surface area contributed by atoms with Gasteiger partial charge in [0, 0.05) is 37.8 Å². The maximum absolute atomic E-state index is 13.9. The van der Waals surface area contributed by atoms with Gasteiger partial charge in [-0.25, -0.2) is 9.18 Å². The van der Waals surface area contributed by atoms with E-state index < -0.39 is 0 Å². The number of hydrogen-bond donors (Lipinski definition) is 1. The molecule has 1 aromatic carbocycles. The lowest BCUT2D eigenvalue weighted by Gasteiger charge is -2.30. The minimum Gasteiger partial charge on any atom is -0.358 e. The summed E-state index contributed by atoms with van der Waals surface area (Å²) in [5.41, 5.74) is 0.140. The van der Waals surface area contributed by atoms with E-state index in [0.29, 0.717) is 35.2 Å².